The first-order valence-electron chi connectivity index (χ1n) is 12.0. The second kappa shape index (κ2) is 12.2. The molecule has 0 heterocycles. The molecule has 3 amide bonds. The molecule has 2 aromatic carbocycles. The second-order valence-electron chi connectivity index (χ2n) is 9.75. The lowest BCUT2D eigenvalue weighted by Crippen LogP contribution is -2.51. The van der Waals surface area contributed by atoms with E-state index in [0.29, 0.717) is 11.3 Å². The fourth-order valence-electron chi connectivity index (χ4n) is 3.78. The third kappa shape index (κ3) is 7.57. The Hall–Kier alpha value is -3.86. The number of ether oxygens (including phenoxy) is 1. The average Bonchev–Trinajstić information content (AvgIpc) is 2.79. The molecule has 0 aliphatic carbocycles. The van der Waals surface area contributed by atoms with Crippen molar-refractivity contribution in [3.63, 3.8) is 0 Å². The van der Waals surface area contributed by atoms with E-state index in [1.807, 2.05) is 57.2 Å². The Balaban J connectivity index is 2.45. The molecule has 8 heteroatoms. The SMILES string of the molecule is CCc1ccc(C(C(=O)Nc2c(C)cccc2C)N(CC#N)C(=O)C(C)NC(=O)OC(C)(C)C)cc1. The summed E-state index contributed by atoms with van der Waals surface area (Å²) in [5, 5.41) is 15.0. The fraction of sp³-hybridized carbons (Fsp3) is 0.429. The van der Waals surface area contributed by atoms with E-state index >= 15 is 0 Å². The lowest BCUT2D eigenvalue weighted by molar-refractivity contribution is -0.139. The molecule has 192 valence electrons. The highest BCUT2D eigenvalue weighted by Crippen LogP contribution is 2.27. The number of carbonyl (C=O) groups is 3. The average molecular weight is 493 g/mol. The van der Waals surface area contributed by atoms with Crippen molar-refractivity contribution < 1.29 is 19.1 Å². The van der Waals surface area contributed by atoms with E-state index in [2.05, 4.69) is 10.6 Å². The lowest BCUT2D eigenvalue weighted by Gasteiger charge is -2.32. The molecule has 0 saturated carbocycles. The number of nitriles is 1. The van der Waals surface area contributed by atoms with E-state index in [1.54, 1.807) is 32.9 Å². The van der Waals surface area contributed by atoms with E-state index in [9.17, 15) is 19.6 Å². The summed E-state index contributed by atoms with van der Waals surface area (Å²) in [4.78, 5) is 40.6. The second-order valence-corrected chi connectivity index (χ2v) is 9.75. The maximum absolute atomic E-state index is 13.7. The Morgan fingerprint density at radius 1 is 1.06 bits per heavy atom. The van der Waals surface area contributed by atoms with Crippen LogP contribution in [0.5, 0.6) is 0 Å². The van der Waals surface area contributed by atoms with Crippen LogP contribution in [0.25, 0.3) is 0 Å². The van der Waals surface area contributed by atoms with Crippen molar-refractivity contribution in [2.75, 3.05) is 11.9 Å². The van der Waals surface area contributed by atoms with Crippen LogP contribution >= 0.6 is 0 Å². The van der Waals surface area contributed by atoms with Crippen LogP contribution in [0.1, 0.15) is 62.9 Å². The standard InChI is InChI=1S/C28H36N4O4/c1-8-21-12-14-22(15-13-21)24(25(33)31-23-18(2)10-9-11-19(23)3)32(17-16-29)26(34)20(4)30-27(35)36-28(5,6)7/h9-15,20,24H,8,17H2,1-7H3,(H,30,35)(H,31,33). The van der Waals surface area contributed by atoms with E-state index < -0.39 is 35.6 Å². The minimum absolute atomic E-state index is 0.348. The third-order valence-corrected chi connectivity index (χ3v) is 5.62. The predicted octanol–water partition coefficient (Wildman–Crippen LogP) is 4.81. The van der Waals surface area contributed by atoms with Gasteiger partial charge in [-0.3, -0.25) is 9.59 Å². The van der Waals surface area contributed by atoms with E-state index in [1.165, 1.54) is 11.8 Å². The number of amides is 3. The number of hydrogen-bond acceptors (Lipinski definition) is 5. The van der Waals surface area contributed by atoms with Gasteiger partial charge in [0.15, 0.2) is 0 Å². The number of benzene rings is 2. The Kier molecular flexibility index (Phi) is 9.62. The Bertz CT molecular complexity index is 1110. The van der Waals surface area contributed by atoms with Crippen LogP contribution in [0, 0.1) is 25.2 Å². The number of nitrogens with zero attached hydrogens (tertiary/aromatic N) is 2. The van der Waals surface area contributed by atoms with Gasteiger partial charge in [0.05, 0.1) is 6.07 Å². The molecule has 2 aromatic rings. The molecular weight excluding hydrogens is 456 g/mol. The number of rotatable bonds is 8. The van der Waals surface area contributed by atoms with Crippen LogP contribution in [0.15, 0.2) is 42.5 Å². The van der Waals surface area contributed by atoms with Gasteiger partial charge in [0.2, 0.25) is 5.91 Å². The summed E-state index contributed by atoms with van der Waals surface area (Å²) < 4.78 is 5.26. The van der Waals surface area contributed by atoms with Gasteiger partial charge in [-0.25, -0.2) is 4.79 Å². The summed E-state index contributed by atoms with van der Waals surface area (Å²) in [6, 6.07) is 12.9. The fourth-order valence-corrected chi connectivity index (χ4v) is 3.78. The Morgan fingerprint density at radius 2 is 1.64 bits per heavy atom. The number of alkyl carbamates (subject to hydrolysis) is 1. The van der Waals surface area contributed by atoms with Gasteiger partial charge in [-0.2, -0.15) is 5.26 Å². The number of hydrogen-bond donors (Lipinski definition) is 2. The first kappa shape index (κ1) is 28.4. The van der Waals surface area contributed by atoms with Crippen molar-refractivity contribution >= 4 is 23.6 Å². The van der Waals surface area contributed by atoms with Crippen molar-refractivity contribution in [3.05, 3.63) is 64.7 Å². The Morgan fingerprint density at radius 3 is 2.14 bits per heavy atom. The van der Waals surface area contributed by atoms with E-state index in [4.69, 9.17) is 4.74 Å². The number of anilines is 1. The summed E-state index contributed by atoms with van der Waals surface area (Å²) in [6.45, 7) is 12.1. The molecule has 0 radical (unpaired) electrons. The molecule has 0 saturated heterocycles. The van der Waals surface area contributed by atoms with Crippen LogP contribution in [0.3, 0.4) is 0 Å². The predicted molar refractivity (Wildman–Crippen MR) is 139 cm³/mol. The van der Waals surface area contributed by atoms with Crippen LogP contribution in [-0.2, 0) is 20.7 Å². The minimum atomic E-state index is -1.09. The van der Waals surface area contributed by atoms with Gasteiger partial charge in [0, 0.05) is 5.69 Å². The van der Waals surface area contributed by atoms with Gasteiger partial charge in [-0.15, -0.1) is 0 Å². The first-order chi connectivity index (χ1) is 16.9. The zero-order chi connectivity index (χ0) is 27.0. The van der Waals surface area contributed by atoms with Crippen LogP contribution < -0.4 is 10.6 Å². The highest BCUT2D eigenvalue weighted by atomic mass is 16.6. The summed E-state index contributed by atoms with van der Waals surface area (Å²) in [6.07, 6.45) is 0.0566. The molecule has 0 fully saturated rings. The quantitative estimate of drug-likeness (QED) is 0.514. The smallest absolute Gasteiger partial charge is 0.408 e. The third-order valence-electron chi connectivity index (χ3n) is 5.62. The molecule has 36 heavy (non-hydrogen) atoms. The van der Waals surface area contributed by atoms with Gasteiger partial charge in [0.25, 0.3) is 5.91 Å². The van der Waals surface area contributed by atoms with E-state index in [-0.39, 0.29) is 6.54 Å². The van der Waals surface area contributed by atoms with Crippen LogP contribution in [0.4, 0.5) is 10.5 Å². The molecule has 0 spiro atoms. The summed E-state index contributed by atoms with van der Waals surface area (Å²) >= 11 is 0. The molecule has 2 rings (SSSR count). The van der Waals surface area contributed by atoms with Crippen LogP contribution in [0.2, 0.25) is 0 Å². The lowest BCUT2D eigenvalue weighted by atomic mass is 10.00. The topological polar surface area (TPSA) is 112 Å². The zero-order valence-corrected chi connectivity index (χ0v) is 22.1. The number of nitrogens with one attached hydrogen (secondary N) is 2. The molecule has 0 aromatic heterocycles. The summed E-state index contributed by atoms with van der Waals surface area (Å²) in [5.41, 5.74) is 3.30. The minimum Gasteiger partial charge on any atom is -0.444 e. The molecule has 2 atom stereocenters. The summed E-state index contributed by atoms with van der Waals surface area (Å²) in [5.74, 6) is -1.03. The zero-order valence-electron chi connectivity index (χ0n) is 22.1. The molecule has 8 nitrogen and oxygen atoms in total. The monoisotopic (exact) mass is 492 g/mol. The largest absolute Gasteiger partial charge is 0.444 e. The van der Waals surface area contributed by atoms with Gasteiger partial charge in [-0.05, 0) is 70.2 Å². The van der Waals surface area contributed by atoms with Crippen molar-refractivity contribution in [2.45, 2.75) is 72.6 Å². The summed E-state index contributed by atoms with van der Waals surface area (Å²) in [7, 11) is 0. The van der Waals surface area contributed by atoms with Gasteiger partial charge >= 0.3 is 6.09 Å². The molecule has 2 unspecified atom stereocenters. The van der Waals surface area contributed by atoms with Crippen molar-refractivity contribution in [1.29, 1.82) is 5.26 Å². The van der Waals surface area contributed by atoms with Gasteiger partial charge < -0.3 is 20.3 Å². The maximum atomic E-state index is 13.7. The van der Waals surface area contributed by atoms with Crippen molar-refractivity contribution in [2.24, 2.45) is 0 Å². The number of para-hydroxylation sites is 1. The first-order valence-corrected chi connectivity index (χ1v) is 12.0. The molecule has 0 aliphatic rings. The van der Waals surface area contributed by atoms with Gasteiger partial charge in [0.1, 0.15) is 24.2 Å². The highest BCUT2D eigenvalue weighted by molar-refractivity contribution is 5.99. The molecule has 0 bridgehead atoms. The maximum Gasteiger partial charge on any atom is 0.408 e. The van der Waals surface area contributed by atoms with Gasteiger partial charge in [-0.1, -0.05) is 49.4 Å². The van der Waals surface area contributed by atoms with Crippen molar-refractivity contribution in [1.82, 2.24) is 10.2 Å². The van der Waals surface area contributed by atoms with Crippen molar-refractivity contribution in [3.8, 4) is 6.07 Å². The highest BCUT2D eigenvalue weighted by Gasteiger charge is 2.35. The molecule has 0 aliphatic heterocycles. The normalized spacial score (nSPS) is 12.6. The van der Waals surface area contributed by atoms with Crippen LogP contribution in [-0.4, -0.2) is 41.0 Å². The number of aryl methyl sites for hydroxylation is 3. The molecule has 2 N–H and O–H groups in total. The van der Waals surface area contributed by atoms with E-state index in [0.717, 1.165) is 23.1 Å². The Labute approximate surface area is 213 Å². The molecular formula is C28H36N4O4. The number of carbonyl (C=O) groups excluding carboxylic acids is 3.